The molecule has 2 N–H and O–H groups in total. The van der Waals surface area contributed by atoms with Crippen molar-refractivity contribution in [2.45, 2.75) is 6.92 Å². The Morgan fingerprint density at radius 2 is 1.58 bits per heavy atom. The highest BCUT2D eigenvalue weighted by atomic mass is 32.8. The summed E-state index contributed by atoms with van der Waals surface area (Å²) in [4.78, 5) is 0. The van der Waals surface area contributed by atoms with Gasteiger partial charge in [0.1, 0.15) is 8.77 Å². The third kappa shape index (κ3) is 48.9. The fourth-order valence-corrected chi connectivity index (χ4v) is 0.447. The summed E-state index contributed by atoms with van der Waals surface area (Å²) in [6.07, 6.45) is 1.09. The standard InChI is InChI=1S/C2H6O4S.CH4O2S2/c1-2-6-7(3,4)5;1-5(2,3)4/h2H2,1H3,(H,3,4,5);1H3,(H,2,3,4). The fraction of sp³-hybridized carbons (Fsp3) is 1.00. The van der Waals surface area contributed by atoms with Crippen LogP contribution in [0.2, 0.25) is 0 Å². The van der Waals surface area contributed by atoms with Crippen LogP contribution in [0.4, 0.5) is 0 Å². The highest BCUT2D eigenvalue weighted by Gasteiger charge is 1.98. The van der Waals surface area contributed by atoms with Crippen LogP contribution in [-0.4, -0.2) is 34.6 Å². The first-order valence-electron chi connectivity index (χ1n) is 2.60. The van der Waals surface area contributed by atoms with Crippen LogP contribution in [-0.2, 0) is 34.5 Å². The van der Waals surface area contributed by atoms with Crippen LogP contribution in [0.3, 0.4) is 0 Å². The zero-order chi connectivity index (χ0) is 10.4. The van der Waals surface area contributed by atoms with Gasteiger partial charge in [0.15, 0.2) is 0 Å². The summed E-state index contributed by atoms with van der Waals surface area (Å²) in [6.45, 7) is 1.44. The molecule has 0 aliphatic carbocycles. The van der Waals surface area contributed by atoms with Crippen molar-refractivity contribution in [3.05, 3.63) is 0 Å². The lowest BCUT2D eigenvalue weighted by Crippen LogP contribution is -2.01. The molecule has 0 aromatic carbocycles. The van der Waals surface area contributed by atoms with E-state index in [1.807, 2.05) is 0 Å². The van der Waals surface area contributed by atoms with Crippen molar-refractivity contribution in [3.8, 4) is 0 Å². The number of hydrogen-bond donors (Lipinski definition) is 2. The van der Waals surface area contributed by atoms with Gasteiger partial charge in [0, 0.05) is 17.4 Å². The minimum absolute atomic E-state index is 0.0289. The zero-order valence-electron chi connectivity index (χ0n) is 6.46. The first-order valence-corrected chi connectivity index (χ1v) is 6.82. The summed E-state index contributed by atoms with van der Waals surface area (Å²) in [7, 11) is -7.01. The highest BCUT2D eigenvalue weighted by molar-refractivity contribution is 8.29. The van der Waals surface area contributed by atoms with Gasteiger partial charge >= 0.3 is 10.4 Å². The predicted molar refractivity (Wildman–Crippen MR) is 47.2 cm³/mol. The van der Waals surface area contributed by atoms with Gasteiger partial charge in [-0.15, -0.1) is 0 Å². The highest BCUT2D eigenvalue weighted by Crippen LogP contribution is 1.81. The van der Waals surface area contributed by atoms with Gasteiger partial charge < -0.3 is 4.55 Å². The molecular weight excluding hydrogens is 228 g/mol. The van der Waals surface area contributed by atoms with Crippen LogP contribution in [0.15, 0.2) is 0 Å². The molecule has 6 nitrogen and oxygen atoms in total. The molecule has 9 heteroatoms. The van der Waals surface area contributed by atoms with Crippen molar-refractivity contribution >= 4 is 30.4 Å². The maximum atomic E-state index is 9.56. The topological polar surface area (TPSA) is 101 Å². The first kappa shape index (κ1) is 14.7. The minimum Gasteiger partial charge on any atom is -0.306 e. The molecule has 0 saturated carbocycles. The van der Waals surface area contributed by atoms with E-state index < -0.39 is 19.2 Å². The van der Waals surface area contributed by atoms with Crippen molar-refractivity contribution in [1.29, 1.82) is 0 Å². The third-order valence-electron chi connectivity index (χ3n) is 0.267. The van der Waals surface area contributed by atoms with Crippen LogP contribution in [0, 0.1) is 0 Å². The average Bonchev–Trinajstić information content (AvgIpc) is 1.54. The van der Waals surface area contributed by atoms with Gasteiger partial charge in [-0.05, 0) is 6.92 Å². The Hall–Kier alpha value is 0.200. The van der Waals surface area contributed by atoms with E-state index in [4.69, 9.17) is 9.11 Å². The molecule has 1 atom stereocenters. The summed E-state index contributed by atoms with van der Waals surface area (Å²) in [5.41, 5.74) is 0. The number of rotatable bonds is 2. The van der Waals surface area contributed by atoms with Gasteiger partial charge in [0.2, 0.25) is 0 Å². The van der Waals surface area contributed by atoms with Crippen molar-refractivity contribution < 1.29 is 25.9 Å². The van der Waals surface area contributed by atoms with E-state index in [1.54, 1.807) is 0 Å². The second-order valence-corrected chi connectivity index (χ2v) is 5.98. The molecule has 0 bridgehead atoms. The molecule has 0 aliphatic rings. The number of hydrogen-bond acceptors (Lipinski definition) is 5. The van der Waals surface area contributed by atoms with E-state index in [1.165, 1.54) is 6.92 Å². The molecule has 76 valence electrons. The van der Waals surface area contributed by atoms with E-state index in [0.29, 0.717) is 0 Å². The Morgan fingerprint density at radius 3 is 1.58 bits per heavy atom. The smallest absolute Gasteiger partial charge is 0.306 e. The lowest BCUT2D eigenvalue weighted by atomic mass is 10.9. The van der Waals surface area contributed by atoms with Gasteiger partial charge in [0.05, 0.1) is 6.61 Å². The first-order chi connectivity index (χ1) is 5.06. The van der Waals surface area contributed by atoms with Gasteiger partial charge in [-0.3, -0.25) is 4.55 Å². The van der Waals surface area contributed by atoms with Crippen LogP contribution in [0.5, 0.6) is 0 Å². The molecule has 0 aromatic heterocycles. The summed E-state index contributed by atoms with van der Waals surface area (Å²) < 4.78 is 48.1. The summed E-state index contributed by atoms with van der Waals surface area (Å²) in [5, 5.41) is 0. The summed E-state index contributed by atoms with van der Waals surface area (Å²) in [6, 6.07) is 0. The Kier molecular flexibility index (Phi) is 7.08. The van der Waals surface area contributed by atoms with Crippen LogP contribution >= 0.6 is 0 Å². The summed E-state index contributed by atoms with van der Waals surface area (Å²) in [5.74, 6) is 0. The molecule has 0 rings (SSSR count). The lowest BCUT2D eigenvalue weighted by Gasteiger charge is -1.88. The average molecular weight is 238 g/mol. The van der Waals surface area contributed by atoms with Crippen molar-refractivity contribution in [2.24, 2.45) is 0 Å². The predicted octanol–water partition coefficient (Wildman–Crippen LogP) is -0.339. The zero-order valence-corrected chi connectivity index (χ0v) is 8.91. The maximum absolute atomic E-state index is 9.56. The lowest BCUT2D eigenvalue weighted by molar-refractivity contribution is 0.283. The SMILES string of the molecule is CCOS(=O)(=O)O.CS(=O)(O)=S. The Balaban J connectivity index is 0. The third-order valence-corrected chi connectivity index (χ3v) is 0.800. The van der Waals surface area contributed by atoms with E-state index in [-0.39, 0.29) is 6.61 Å². The van der Waals surface area contributed by atoms with E-state index >= 15 is 0 Å². The normalized spacial score (nSPS) is 15.7. The van der Waals surface area contributed by atoms with Crippen molar-refractivity contribution in [2.75, 3.05) is 12.9 Å². The fourth-order valence-electron chi connectivity index (χ4n) is 0.149. The molecule has 0 spiro atoms. The molecule has 1 unspecified atom stereocenters. The van der Waals surface area contributed by atoms with E-state index in [0.717, 1.165) is 6.26 Å². The molecule has 12 heavy (non-hydrogen) atoms. The Morgan fingerprint density at radius 1 is 1.33 bits per heavy atom. The molecule has 0 aliphatic heterocycles. The molecular formula is C3H10O6S3. The molecule has 0 heterocycles. The Labute approximate surface area is 76.4 Å². The molecule has 0 amide bonds. The van der Waals surface area contributed by atoms with Crippen LogP contribution < -0.4 is 0 Å². The largest absolute Gasteiger partial charge is 0.397 e. The monoisotopic (exact) mass is 238 g/mol. The second kappa shape index (κ2) is 5.78. The second-order valence-electron chi connectivity index (χ2n) is 1.57. The quantitative estimate of drug-likeness (QED) is 0.635. The van der Waals surface area contributed by atoms with Crippen molar-refractivity contribution in [3.63, 3.8) is 0 Å². The summed E-state index contributed by atoms with van der Waals surface area (Å²) >= 11 is 3.91. The van der Waals surface area contributed by atoms with Gasteiger partial charge in [0.25, 0.3) is 0 Å². The molecule has 0 radical (unpaired) electrons. The van der Waals surface area contributed by atoms with Gasteiger partial charge in [-0.2, -0.15) is 8.42 Å². The van der Waals surface area contributed by atoms with E-state index in [2.05, 4.69) is 15.4 Å². The molecule has 0 aromatic rings. The maximum Gasteiger partial charge on any atom is 0.397 e. The molecule has 0 fully saturated rings. The molecule has 0 saturated heterocycles. The van der Waals surface area contributed by atoms with E-state index in [9.17, 15) is 12.6 Å². The van der Waals surface area contributed by atoms with Crippen LogP contribution in [0.25, 0.3) is 0 Å². The minimum atomic E-state index is -4.17. The Bertz CT molecular complexity index is 278. The van der Waals surface area contributed by atoms with Crippen molar-refractivity contribution in [1.82, 2.24) is 0 Å². The van der Waals surface area contributed by atoms with Gasteiger partial charge in [-0.1, -0.05) is 0 Å². The van der Waals surface area contributed by atoms with Crippen LogP contribution in [0.1, 0.15) is 6.92 Å². The van der Waals surface area contributed by atoms with Gasteiger partial charge in [-0.25, -0.2) is 8.39 Å².